The Morgan fingerprint density at radius 3 is 1.24 bits per heavy atom. The molecule has 0 aromatic heterocycles. The molecule has 6 heteroatoms. The number of esters is 3. The third kappa shape index (κ3) is 49.0. The van der Waals surface area contributed by atoms with E-state index in [0.29, 0.717) is 12.8 Å². The zero-order valence-corrected chi connectivity index (χ0v) is 40.5. The van der Waals surface area contributed by atoms with Crippen molar-refractivity contribution in [3.8, 4) is 0 Å². The summed E-state index contributed by atoms with van der Waals surface area (Å²) in [5, 5.41) is 0. The molecule has 1 atom stereocenters. The van der Waals surface area contributed by atoms with Gasteiger partial charge in [-0.25, -0.2) is 0 Å². The molecule has 0 spiro atoms. The summed E-state index contributed by atoms with van der Waals surface area (Å²) in [5.41, 5.74) is 0. The van der Waals surface area contributed by atoms with Crippen LogP contribution in [0.5, 0.6) is 0 Å². The minimum absolute atomic E-state index is 0.131. The Bertz CT molecular complexity index is 1330. The molecule has 0 rings (SSSR count). The number of unbranched alkanes of at least 4 members (excludes halogenated alkanes) is 16. The van der Waals surface area contributed by atoms with Crippen LogP contribution in [-0.2, 0) is 28.6 Å². The second-order valence-electron chi connectivity index (χ2n) is 16.4. The maximum Gasteiger partial charge on any atom is 0.306 e. The number of ether oxygens (including phenoxy) is 3. The van der Waals surface area contributed by atoms with Crippen molar-refractivity contribution in [2.45, 2.75) is 219 Å². The number of allylic oxidation sites excluding steroid dienone is 18. The lowest BCUT2D eigenvalue weighted by Gasteiger charge is -2.18. The molecule has 1 unspecified atom stereocenters. The van der Waals surface area contributed by atoms with Crippen molar-refractivity contribution >= 4 is 17.9 Å². The summed E-state index contributed by atoms with van der Waals surface area (Å²) < 4.78 is 16.7. The third-order valence-corrected chi connectivity index (χ3v) is 10.3. The number of carbonyl (C=O) groups is 3. The number of hydrogen-bond donors (Lipinski definition) is 0. The molecule has 0 radical (unpaired) electrons. The summed E-state index contributed by atoms with van der Waals surface area (Å²) in [7, 11) is 0. The van der Waals surface area contributed by atoms with E-state index in [9.17, 15) is 14.4 Å². The molecule has 0 N–H and O–H groups in total. The first-order valence-electron chi connectivity index (χ1n) is 25.4. The molecule has 0 aromatic rings. The number of carbonyl (C=O) groups excluding carboxylic acids is 3. The van der Waals surface area contributed by atoms with Crippen molar-refractivity contribution < 1.29 is 28.6 Å². The molecule has 0 saturated heterocycles. The van der Waals surface area contributed by atoms with Crippen molar-refractivity contribution in [1.82, 2.24) is 0 Å². The van der Waals surface area contributed by atoms with Crippen molar-refractivity contribution in [3.63, 3.8) is 0 Å². The van der Waals surface area contributed by atoms with Gasteiger partial charge in [0, 0.05) is 19.3 Å². The van der Waals surface area contributed by atoms with Gasteiger partial charge in [0.1, 0.15) is 13.2 Å². The van der Waals surface area contributed by atoms with Gasteiger partial charge in [-0.1, -0.05) is 201 Å². The first kappa shape index (κ1) is 59.1. The first-order chi connectivity index (χ1) is 31.0. The van der Waals surface area contributed by atoms with Gasteiger partial charge in [-0.3, -0.25) is 14.4 Å². The maximum atomic E-state index is 12.8. The topological polar surface area (TPSA) is 78.9 Å². The Hall–Kier alpha value is -3.93. The summed E-state index contributed by atoms with van der Waals surface area (Å²) >= 11 is 0. The highest BCUT2D eigenvalue weighted by Gasteiger charge is 2.19. The lowest BCUT2D eigenvalue weighted by atomic mass is 10.1. The molecule has 0 saturated carbocycles. The predicted molar refractivity (Wildman–Crippen MR) is 270 cm³/mol. The summed E-state index contributed by atoms with van der Waals surface area (Å²) in [6.45, 7) is 6.35. The first-order valence-corrected chi connectivity index (χ1v) is 25.4. The van der Waals surface area contributed by atoms with Gasteiger partial charge in [0.25, 0.3) is 0 Å². The molecular weight excluding hydrogens is 781 g/mol. The second kappa shape index (κ2) is 50.7. The van der Waals surface area contributed by atoms with Gasteiger partial charge in [0.2, 0.25) is 0 Å². The van der Waals surface area contributed by atoms with Crippen LogP contribution in [0.2, 0.25) is 0 Å². The van der Waals surface area contributed by atoms with E-state index in [1.54, 1.807) is 0 Å². The standard InChI is InChI=1S/C57H92O6/c1-4-7-10-13-16-19-22-25-27-28-30-32-35-38-41-44-47-50-56(59)62-53-54(52-61-55(58)49-46-43-40-37-34-31-24-21-18-15-12-9-6-3)63-57(60)51-48-45-42-39-36-33-29-26-23-20-17-14-11-8-5-2/h7,10,16-17,19-20,23,25-27,30-32,34,38,40-41,43,54H,4-6,8-9,11-15,18,21-22,24,28-29,33,35-37,39,42,44-53H2,1-3H3/b10-7+,19-16+,20-17+,26-23+,27-25+,32-30+,34-31+,41-38+,43-40+. The van der Waals surface area contributed by atoms with Crippen LogP contribution >= 0.6 is 0 Å². The molecule has 356 valence electrons. The van der Waals surface area contributed by atoms with Crippen LogP contribution in [0.15, 0.2) is 109 Å². The van der Waals surface area contributed by atoms with Gasteiger partial charge in [0.15, 0.2) is 6.10 Å². The Morgan fingerprint density at radius 2 is 0.714 bits per heavy atom. The normalized spacial score (nSPS) is 13.0. The van der Waals surface area contributed by atoms with Crippen LogP contribution < -0.4 is 0 Å². The van der Waals surface area contributed by atoms with Gasteiger partial charge in [0.05, 0.1) is 0 Å². The summed E-state index contributed by atoms with van der Waals surface area (Å²) in [5.74, 6) is -1.07. The molecule has 0 aliphatic heterocycles. The molecule has 63 heavy (non-hydrogen) atoms. The molecule has 0 aliphatic carbocycles. The maximum absolute atomic E-state index is 12.8. The zero-order chi connectivity index (χ0) is 45.8. The molecule has 0 fully saturated rings. The molecular formula is C57H92O6. The van der Waals surface area contributed by atoms with Crippen LogP contribution in [0.4, 0.5) is 0 Å². The van der Waals surface area contributed by atoms with Crippen LogP contribution in [0, 0.1) is 0 Å². The quantitative estimate of drug-likeness (QED) is 0.0199. The molecule has 0 heterocycles. The fourth-order valence-electron chi connectivity index (χ4n) is 6.46. The molecule has 0 bridgehead atoms. The monoisotopic (exact) mass is 873 g/mol. The van der Waals surface area contributed by atoms with Crippen molar-refractivity contribution in [3.05, 3.63) is 109 Å². The van der Waals surface area contributed by atoms with E-state index < -0.39 is 6.10 Å². The van der Waals surface area contributed by atoms with E-state index in [0.717, 1.165) is 89.9 Å². The summed E-state index contributed by atoms with van der Waals surface area (Å²) in [6, 6.07) is 0. The lowest BCUT2D eigenvalue weighted by Crippen LogP contribution is -2.30. The molecule has 0 aromatic carbocycles. The smallest absolute Gasteiger partial charge is 0.306 e. The van der Waals surface area contributed by atoms with Crippen molar-refractivity contribution in [2.24, 2.45) is 0 Å². The van der Waals surface area contributed by atoms with Gasteiger partial charge >= 0.3 is 17.9 Å². The summed E-state index contributed by atoms with van der Waals surface area (Å²) in [4.78, 5) is 37.9. The predicted octanol–water partition coefficient (Wildman–Crippen LogP) is 16.8. The molecule has 0 aliphatic rings. The SMILES string of the molecule is CC/C=C/C/C=C/C/C=C/C/C=C/C/C=C/CCCC(=O)OCC(COC(=O)CC/C=C/C/C=C/CCCCCCCC)OC(=O)CCCCCCCC/C=C/C=C/CCCCC. The van der Waals surface area contributed by atoms with Crippen LogP contribution in [-0.4, -0.2) is 37.2 Å². The van der Waals surface area contributed by atoms with Crippen LogP contribution in [0.25, 0.3) is 0 Å². The van der Waals surface area contributed by atoms with E-state index in [4.69, 9.17) is 14.2 Å². The minimum Gasteiger partial charge on any atom is -0.462 e. The Balaban J connectivity index is 4.58. The third-order valence-electron chi connectivity index (χ3n) is 10.3. The van der Waals surface area contributed by atoms with E-state index in [-0.39, 0.29) is 50.4 Å². The van der Waals surface area contributed by atoms with Crippen LogP contribution in [0.1, 0.15) is 213 Å². The van der Waals surface area contributed by atoms with Gasteiger partial charge in [-0.2, -0.15) is 0 Å². The fraction of sp³-hybridized carbons (Fsp3) is 0.632. The molecule has 0 amide bonds. The average Bonchev–Trinajstić information content (AvgIpc) is 3.28. The summed E-state index contributed by atoms with van der Waals surface area (Å²) in [6.07, 6.45) is 68.0. The van der Waals surface area contributed by atoms with E-state index >= 15 is 0 Å². The van der Waals surface area contributed by atoms with Gasteiger partial charge < -0.3 is 14.2 Å². The highest BCUT2D eigenvalue weighted by molar-refractivity contribution is 5.71. The Labute approximate surface area is 387 Å². The number of rotatable bonds is 44. The van der Waals surface area contributed by atoms with E-state index in [1.165, 1.54) is 70.6 Å². The largest absolute Gasteiger partial charge is 0.462 e. The fourth-order valence-corrected chi connectivity index (χ4v) is 6.46. The molecule has 6 nitrogen and oxygen atoms in total. The Morgan fingerprint density at radius 1 is 0.349 bits per heavy atom. The highest BCUT2D eigenvalue weighted by atomic mass is 16.6. The van der Waals surface area contributed by atoms with Gasteiger partial charge in [-0.05, 0) is 103 Å². The average molecular weight is 873 g/mol. The lowest BCUT2D eigenvalue weighted by molar-refractivity contribution is -0.166. The van der Waals surface area contributed by atoms with Crippen LogP contribution in [0.3, 0.4) is 0 Å². The highest BCUT2D eigenvalue weighted by Crippen LogP contribution is 2.12. The van der Waals surface area contributed by atoms with E-state index in [2.05, 4.69) is 124 Å². The van der Waals surface area contributed by atoms with Gasteiger partial charge in [-0.15, -0.1) is 0 Å². The minimum atomic E-state index is -0.831. The van der Waals surface area contributed by atoms with E-state index in [1.807, 2.05) is 6.08 Å². The zero-order valence-electron chi connectivity index (χ0n) is 40.5. The Kier molecular flexibility index (Phi) is 47.5. The second-order valence-corrected chi connectivity index (χ2v) is 16.4. The van der Waals surface area contributed by atoms with Crippen molar-refractivity contribution in [1.29, 1.82) is 0 Å². The van der Waals surface area contributed by atoms with Crippen molar-refractivity contribution in [2.75, 3.05) is 13.2 Å². The number of hydrogen-bond acceptors (Lipinski definition) is 6.